The highest BCUT2D eigenvalue weighted by Crippen LogP contribution is 2.32. The number of fused-ring (bicyclic) bond motifs is 1. The van der Waals surface area contributed by atoms with Crippen molar-refractivity contribution in [1.82, 2.24) is 5.06 Å². The van der Waals surface area contributed by atoms with Crippen LogP contribution in [0, 0.1) is 5.82 Å². The van der Waals surface area contributed by atoms with Crippen LogP contribution in [0.2, 0.25) is 0 Å². The lowest BCUT2D eigenvalue weighted by Crippen LogP contribution is -2.30. The number of hydrogen-bond acceptors (Lipinski definition) is 5. The molecule has 0 bridgehead atoms. The van der Waals surface area contributed by atoms with Gasteiger partial charge in [-0.25, -0.2) is 17.9 Å². The third-order valence-corrected chi connectivity index (χ3v) is 6.86. The number of sulfone groups is 1. The number of amides is 1. The van der Waals surface area contributed by atoms with Gasteiger partial charge in [-0.1, -0.05) is 48.5 Å². The van der Waals surface area contributed by atoms with E-state index in [1.54, 1.807) is 54.6 Å². The zero-order chi connectivity index (χ0) is 18.7. The minimum atomic E-state index is -3.80. The first-order chi connectivity index (χ1) is 12.4. The van der Waals surface area contributed by atoms with Crippen molar-refractivity contribution < 1.29 is 22.8 Å². The molecule has 0 aliphatic heterocycles. The van der Waals surface area contributed by atoms with Crippen LogP contribution in [0.25, 0.3) is 10.1 Å². The second-order valence-electron chi connectivity index (χ2n) is 5.80. The number of thiophene rings is 1. The van der Waals surface area contributed by atoms with Gasteiger partial charge >= 0.3 is 0 Å². The van der Waals surface area contributed by atoms with Gasteiger partial charge in [-0.15, -0.1) is 11.3 Å². The maximum Gasteiger partial charge on any atom is 0.233 e. The van der Waals surface area contributed by atoms with Crippen LogP contribution in [0.3, 0.4) is 0 Å². The van der Waals surface area contributed by atoms with Gasteiger partial charge in [-0.05, 0) is 11.6 Å². The van der Waals surface area contributed by atoms with Crippen LogP contribution >= 0.6 is 11.3 Å². The summed E-state index contributed by atoms with van der Waals surface area (Å²) in [6, 6.07) is 14.1. The van der Waals surface area contributed by atoms with Gasteiger partial charge in [0.2, 0.25) is 6.41 Å². The van der Waals surface area contributed by atoms with E-state index < -0.39 is 33.2 Å². The normalized spacial score (nSPS) is 12.8. The summed E-state index contributed by atoms with van der Waals surface area (Å²) in [6.07, 6.45) is 0.160. The minimum Gasteiger partial charge on any atom is -0.285 e. The maximum atomic E-state index is 14.5. The van der Waals surface area contributed by atoms with E-state index >= 15 is 0 Å². The molecular weight excluding hydrogens is 377 g/mol. The van der Waals surface area contributed by atoms with Crippen LogP contribution in [0.5, 0.6) is 0 Å². The Hall–Kier alpha value is -2.29. The Morgan fingerprint density at radius 1 is 1.12 bits per heavy atom. The van der Waals surface area contributed by atoms with Crippen molar-refractivity contribution >= 4 is 37.7 Å². The number of rotatable bonds is 7. The summed E-state index contributed by atoms with van der Waals surface area (Å²) in [4.78, 5) is 11.1. The molecule has 1 atom stereocenters. The number of hydroxylamine groups is 2. The molecule has 136 valence electrons. The number of carbonyl (C=O) groups is 1. The standard InChI is InChI=1S/C18H16FNO4S2/c19-18-14-8-4-5-9-16(14)25-17(18)11-26(23,24)10-15(20(22)12-21)13-6-2-1-3-7-13/h1-9,12,15,22H,10-11H2/t15-/m1/s1. The van der Waals surface area contributed by atoms with Crippen LogP contribution < -0.4 is 0 Å². The number of hydrogen-bond donors (Lipinski definition) is 1. The van der Waals surface area contributed by atoms with Crippen molar-refractivity contribution in [2.24, 2.45) is 0 Å². The van der Waals surface area contributed by atoms with Crippen LogP contribution in [-0.2, 0) is 20.4 Å². The van der Waals surface area contributed by atoms with Gasteiger partial charge in [-0.2, -0.15) is 0 Å². The van der Waals surface area contributed by atoms with Crippen LogP contribution in [-0.4, -0.2) is 30.9 Å². The summed E-state index contributed by atoms with van der Waals surface area (Å²) in [5.41, 5.74) is 0.475. The van der Waals surface area contributed by atoms with Gasteiger partial charge in [0.05, 0.1) is 22.4 Å². The van der Waals surface area contributed by atoms with Gasteiger partial charge in [0.15, 0.2) is 9.84 Å². The molecule has 3 aromatic rings. The van der Waals surface area contributed by atoms with E-state index in [0.29, 0.717) is 20.7 Å². The van der Waals surface area contributed by atoms with Crippen LogP contribution in [0.4, 0.5) is 4.39 Å². The molecular formula is C18H16FNO4S2. The highest BCUT2D eigenvalue weighted by atomic mass is 32.2. The molecule has 0 radical (unpaired) electrons. The predicted octanol–water partition coefficient (Wildman–Crippen LogP) is 3.54. The first kappa shape index (κ1) is 18.5. The SMILES string of the molecule is O=CN(O)[C@H](CS(=O)(=O)Cc1sc2ccccc2c1F)c1ccccc1. The van der Waals surface area contributed by atoms with Crippen LogP contribution in [0.15, 0.2) is 54.6 Å². The minimum absolute atomic E-state index is 0.119. The Labute approximate surface area is 154 Å². The van der Waals surface area contributed by atoms with E-state index in [-0.39, 0.29) is 11.3 Å². The third kappa shape index (κ3) is 3.92. The van der Waals surface area contributed by atoms with Crippen molar-refractivity contribution in [3.8, 4) is 0 Å². The van der Waals surface area contributed by atoms with Gasteiger partial charge in [0.1, 0.15) is 5.82 Å². The molecule has 0 fully saturated rings. The fraction of sp³-hybridized carbons (Fsp3) is 0.167. The summed E-state index contributed by atoms with van der Waals surface area (Å²) in [5.74, 6) is -1.55. The van der Waals surface area contributed by atoms with E-state index in [4.69, 9.17) is 0 Å². The Morgan fingerprint density at radius 3 is 2.42 bits per heavy atom. The monoisotopic (exact) mass is 393 g/mol. The summed E-state index contributed by atoms with van der Waals surface area (Å²) < 4.78 is 40.4. The molecule has 5 nitrogen and oxygen atoms in total. The summed E-state index contributed by atoms with van der Waals surface area (Å²) in [7, 11) is -3.80. The molecule has 0 saturated heterocycles. The summed E-state index contributed by atoms with van der Waals surface area (Å²) >= 11 is 1.09. The molecule has 3 rings (SSSR count). The predicted molar refractivity (Wildman–Crippen MR) is 98.1 cm³/mol. The molecule has 1 amide bonds. The summed E-state index contributed by atoms with van der Waals surface area (Å²) in [5, 5.41) is 10.5. The quantitative estimate of drug-likeness (QED) is 0.378. The first-order valence-corrected chi connectivity index (χ1v) is 10.4. The second-order valence-corrected chi connectivity index (χ2v) is 9.05. The van der Waals surface area contributed by atoms with E-state index in [9.17, 15) is 22.8 Å². The van der Waals surface area contributed by atoms with Crippen molar-refractivity contribution in [2.45, 2.75) is 11.8 Å². The van der Waals surface area contributed by atoms with Crippen molar-refractivity contribution in [3.05, 3.63) is 70.9 Å². The Morgan fingerprint density at radius 2 is 1.77 bits per heavy atom. The Balaban J connectivity index is 1.88. The lowest BCUT2D eigenvalue weighted by atomic mass is 10.1. The zero-order valence-corrected chi connectivity index (χ0v) is 15.2. The van der Waals surface area contributed by atoms with E-state index in [2.05, 4.69) is 0 Å². The van der Waals surface area contributed by atoms with E-state index in [1.807, 2.05) is 0 Å². The molecule has 1 heterocycles. The average Bonchev–Trinajstić information content (AvgIpc) is 2.95. The smallest absolute Gasteiger partial charge is 0.233 e. The fourth-order valence-corrected chi connectivity index (χ4v) is 5.85. The Kier molecular flexibility index (Phi) is 5.36. The van der Waals surface area contributed by atoms with Gasteiger partial charge in [-0.3, -0.25) is 10.0 Å². The topological polar surface area (TPSA) is 74.7 Å². The molecule has 1 aromatic heterocycles. The first-order valence-electron chi connectivity index (χ1n) is 7.75. The number of carbonyl (C=O) groups excluding carboxylic acids is 1. The molecule has 0 saturated carbocycles. The summed E-state index contributed by atoms with van der Waals surface area (Å²) in [6.45, 7) is 0. The second kappa shape index (κ2) is 7.53. The third-order valence-electron chi connectivity index (χ3n) is 3.98. The van der Waals surface area contributed by atoms with Crippen LogP contribution in [0.1, 0.15) is 16.5 Å². The number of halogens is 1. The average molecular weight is 393 g/mol. The number of nitrogens with zero attached hydrogens (tertiary/aromatic N) is 1. The molecule has 0 unspecified atom stereocenters. The zero-order valence-electron chi connectivity index (χ0n) is 13.6. The molecule has 0 aliphatic carbocycles. The lowest BCUT2D eigenvalue weighted by Gasteiger charge is -2.22. The molecule has 0 aliphatic rings. The van der Waals surface area contributed by atoms with Crippen molar-refractivity contribution in [1.29, 1.82) is 0 Å². The van der Waals surface area contributed by atoms with Gasteiger partial charge in [0, 0.05) is 10.1 Å². The van der Waals surface area contributed by atoms with Crippen molar-refractivity contribution in [3.63, 3.8) is 0 Å². The van der Waals surface area contributed by atoms with Gasteiger partial charge in [0.25, 0.3) is 0 Å². The highest BCUT2D eigenvalue weighted by molar-refractivity contribution is 7.90. The van der Waals surface area contributed by atoms with Crippen molar-refractivity contribution in [2.75, 3.05) is 5.75 Å². The molecule has 26 heavy (non-hydrogen) atoms. The molecule has 0 spiro atoms. The van der Waals surface area contributed by atoms with E-state index in [0.717, 1.165) is 11.3 Å². The molecule has 8 heteroatoms. The maximum absolute atomic E-state index is 14.5. The molecule has 2 aromatic carbocycles. The Bertz CT molecular complexity index is 1020. The largest absolute Gasteiger partial charge is 0.285 e. The fourth-order valence-electron chi connectivity index (χ4n) is 2.73. The van der Waals surface area contributed by atoms with Gasteiger partial charge < -0.3 is 0 Å². The van der Waals surface area contributed by atoms with E-state index in [1.165, 1.54) is 0 Å². The highest BCUT2D eigenvalue weighted by Gasteiger charge is 2.27. The molecule has 1 N–H and O–H groups in total. The number of benzene rings is 2. The lowest BCUT2D eigenvalue weighted by molar-refractivity contribution is -0.158.